The van der Waals surface area contributed by atoms with Crippen LogP contribution in [0.2, 0.25) is 0 Å². The lowest BCUT2D eigenvalue weighted by atomic mass is 9.97. The van der Waals surface area contributed by atoms with Crippen LogP contribution in [0.3, 0.4) is 0 Å². The van der Waals surface area contributed by atoms with Gasteiger partial charge in [-0.1, -0.05) is 36.4 Å². The summed E-state index contributed by atoms with van der Waals surface area (Å²) in [5.74, 6) is 0.779. The summed E-state index contributed by atoms with van der Waals surface area (Å²) in [4.78, 5) is 45.0. The highest BCUT2D eigenvalue weighted by atomic mass is 32.2. The highest BCUT2D eigenvalue weighted by Gasteiger charge is 2.47. The third-order valence-electron chi connectivity index (χ3n) is 12.6. The molecule has 3 amide bonds. The SMILES string of the molecule is COc1cc2c(cc1OCc1cc(COc3cc4c(cc3C)C(=O)N3c5ccccc5C[C@H]3C(S(=O)(=O)OC)C4)cc(NC(=O)C(C)(C)S)c1)CC[C@@H]1Cc3ccccc3N1C2=O. The zero-order valence-electron chi connectivity index (χ0n) is 35.8. The minimum Gasteiger partial charge on any atom is -0.493 e. The average Bonchev–Trinajstić information content (AvgIpc) is 3.76. The number of aryl methyl sites for hydroxylation is 2. The predicted octanol–water partition coefficient (Wildman–Crippen LogP) is 7.80. The molecule has 3 atom stereocenters. The summed E-state index contributed by atoms with van der Waals surface area (Å²) in [6, 6.07) is 27.8. The van der Waals surface area contributed by atoms with Gasteiger partial charge in [0, 0.05) is 34.2 Å². The molecule has 12 nitrogen and oxygen atoms in total. The maximum atomic E-state index is 14.3. The Labute approximate surface area is 373 Å². The van der Waals surface area contributed by atoms with Crippen LogP contribution >= 0.6 is 12.6 Å². The molecule has 9 rings (SSSR count). The molecule has 0 radical (unpaired) electrons. The number of rotatable bonds is 11. The third-order valence-corrected chi connectivity index (χ3v) is 14.5. The monoisotopic (exact) mass is 887 g/mol. The number of benzene rings is 5. The summed E-state index contributed by atoms with van der Waals surface area (Å²) in [5.41, 5.74) is 8.84. The summed E-state index contributed by atoms with van der Waals surface area (Å²) in [7, 11) is -1.35. The number of carbonyl (C=O) groups excluding carboxylic acids is 3. The number of anilines is 3. The molecule has 4 aliphatic heterocycles. The minimum atomic E-state index is -4.05. The molecule has 5 aromatic rings. The number of ether oxygens (including phenoxy) is 3. The van der Waals surface area contributed by atoms with Gasteiger partial charge in [0.2, 0.25) is 5.91 Å². The zero-order valence-corrected chi connectivity index (χ0v) is 37.5. The Hall–Kier alpha value is -5.83. The van der Waals surface area contributed by atoms with Gasteiger partial charge in [-0.05, 0) is 146 Å². The maximum Gasteiger partial charge on any atom is 0.272 e. The highest BCUT2D eigenvalue weighted by molar-refractivity contribution is 7.87. The summed E-state index contributed by atoms with van der Waals surface area (Å²) >= 11 is 4.48. The van der Waals surface area contributed by atoms with Crippen molar-refractivity contribution in [1.82, 2.24) is 0 Å². The number of hydrogen-bond donors (Lipinski definition) is 2. The molecule has 0 aromatic heterocycles. The molecule has 1 unspecified atom stereocenters. The number of thiol groups is 1. The predicted molar refractivity (Wildman–Crippen MR) is 244 cm³/mol. The summed E-state index contributed by atoms with van der Waals surface area (Å²) in [6.07, 6.45) is 2.78. The minimum absolute atomic E-state index is 0.0512. The number of fused-ring (bicyclic) bond motifs is 8. The van der Waals surface area contributed by atoms with E-state index in [0.717, 1.165) is 42.3 Å². The average molecular weight is 888 g/mol. The van der Waals surface area contributed by atoms with Gasteiger partial charge in [-0.3, -0.25) is 18.6 Å². The van der Waals surface area contributed by atoms with E-state index in [0.29, 0.717) is 69.3 Å². The van der Waals surface area contributed by atoms with Crippen molar-refractivity contribution in [3.05, 3.63) is 141 Å². The second-order valence-electron chi connectivity index (χ2n) is 17.2. The fourth-order valence-corrected chi connectivity index (χ4v) is 10.7. The van der Waals surface area contributed by atoms with E-state index in [2.05, 4.69) is 24.0 Å². The van der Waals surface area contributed by atoms with Gasteiger partial charge in [-0.2, -0.15) is 21.0 Å². The Morgan fingerprint density at radius 1 is 0.746 bits per heavy atom. The van der Waals surface area contributed by atoms with Crippen molar-refractivity contribution in [3.8, 4) is 17.2 Å². The van der Waals surface area contributed by atoms with Gasteiger partial charge < -0.3 is 29.3 Å². The quantitative estimate of drug-likeness (QED) is 0.100. The molecule has 4 aliphatic rings. The molecule has 0 spiro atoms. The summed E-state index contributed by atoms with van der Waals surface area (Å²) in [5, 5.41) is 1.96. The van der Waals surface area contributed by atoms with Gasteiger partial charge in [0.1, 0.15) is 24.2 Å². The fraction of sp³-hybridized carbons (Fsp3) is 0.327. The number of nitrogens with zero attached hydrogens (tertiary/aromatic N) is 2. The van der Waals surface area contributed by atoms with E-state index in [1.54, 1.807) is 44.1 Å². The molecule has 4 heterocycles. The Morgan fingerprint density at radius 2 is 1.35 bits per heavy atom. The summed E-state index contributed by atoms with van der Waals surface area (Å²) < 4.78 is 49.7. The van der Waals surface area contributed by atoms with Crippen LogP contribution in [0.15, 0.2) is 91.0 Å². The normalized spacial score (nSPS) is 18.9. The first-order chi connectivity index (χ1) is 30.1. The van der Waals surface area contributed by atoms with E-state index in [1.807, 2.05) is 78.6 Å². The van der Waals surface area contributed by atoms with Crippen LogP contribution in [0.5, 0.6) is 17.2 Å². The largest absolute Gasteiger partial charge is 0.493 e. The number of methoxy groups -OCH3 is 1. The Bertz CT molecular complexity index is 2800. The van der Waals surface area contributed by atoms with Gasteiger partial charge in [-0.15, -0.1) is 0 Å². The van der Waals surface area contributed by atoms with Crippen molar-refractivity contribution in [1.29, 1.82) is 0 Å². The maximum absolute atomic E-state index is 14.3. The van der Waals surface area contributed by atoms with Crippen molar-refractivity contribution in [2.45, 2.75) is 88.2 Å². The van der Waals surface area contributed by atoms with Crippen LogP contribution in [0, 0.1) is 6.92 Å². The second kappa shape index (κ2) is 16.4. The smallest absolute Gasteiger partial charge is 0.272 e. The van der Waals surface area contributed by atoms with Gasteiger partial charge in [0.25, 0.3) is 21.9 Å². The lowest BCUT2D eigenvalue weighted by Crippen LogP contribution is -2.47. The number of nitrogens with one attached hydrogen (secondary N) is 1. The molecule has 0 saturated carbocycles. The number of amides is 3. The lowest BCUT2D eigenvalue weighted by Gasteiger charge is -2.28. The fourth-order valence-electron chi connectivity index (χ4n) is 9.43. The van der Waals surface area contributed by atoms with E-state index in [9.17, 15) is 22.8 Å². The third kappa shape index (κ3) is 7.93. The summed E-state index contributed by atoms with van der Waals surface area (Å²) in [6.45, 7) is 5.43. The first-order valence-electron chi connectivity index (χ1n) is 21.0. The first kappa shape index (κ1) is 42.5. The van der Waals surface area contributed by atoms with Crippen molar-refractivity contribution in [2.75, 3.05) is 29.3 Å². The van der Waals surface area contributed by atoms with Crippen LogP contribution in [0.4, 0.5) is 17.1 Å². The van der Waals surface area contributed by atoms with E-state index in [1.165, 1.54) is 5.56 Å². The van der Waals surface area contributed by atoms with Gasteiger partial charge in [0.15, 0.2) is 11.5 Å². The molecule has 0 aliphatic carbocycles. The lowest BCUT2D eigenvalue weighted by molar-refractivity contribution is -0.117. The molecule has 0 fully saturated rings. The number of carbonyl (C=O) groups is 3. The molecule has 14 heteroatoms. The first-order valence-corrected chi connectivity index (χ1v) is 22.9. The molecular weight excluding hydrogens is 839 g/mol. The second-order valence-corrected chi connectivity index (χ2v) is 20.3. The molecule has 63 heavy (non-hydrogen) atoms. The van der Waals surface area contributed by atoms with Crippen molar-refractivity contribution >= 4 is 57.5 Å². The zero-order chi connectivity index (χ0) is 44.4. The van der Waals surface area contributed by atoms with Crippen molar-refractivity contribution < 1.29 is 41.2 Å². The Kier molecular flexibility index (Phi) is 11.0. The Morgan fingerprint density at radius 3 is 2.02 bits per heavy atom. The molecule has 326 valence electrons. The van der Waals surface area contributed by atoms with E-state index in [-0.39, 0.29) is 43.4 Å². The molecule has 0 saturated heterocycles. The number of hydrogen-bond acceptors (Lipinski definition) is 10. The number of para-hydroxylation sites is 2. The van der Waals surface area contributed by atoms with E-state index in [4.69, 9.17) is 18.4 Å². The standard InChI is InChI=1S/C49H49N3O9S2/c1-28-16-37-34(24-45(63(56,57)59-5)41-21-33-11-7-9-13-40(33)52(41)47(37)54)23-42(28)60-26-29-17-30(19-35(18-29)50-48(55)49(2,3)62)27-61-44-22-31-14-15-36-20-32-10-6-8-12-39(32)51(36)46(53)38(31)25-43(44)58-4/h6-13,16-19,22-23,25,36,41,45,62H,14-15,20-21,24,26-27H2,1-5H3,(H,50,55)/t36-,41+,45?/m1/s1. The highest BCUT2D eigenvalue weighted by Crippen LogP contribution is 2.43. The van der Waals surface area contributed by atoms with Crippen LogP contribution < -0.4 is 29.3 Å². The van der Waals surface area contributed by atoms with Crippen LogP contribution in [0.25, 0.3) is 0 Å². The van der Waals surface area contributed by atoms with Crippen molar-refractivity contribution in [3.63, 3.8) is 0 Å². The van der Waals surface area contributed by atoms with Gasteiger partial charge >= 0.3 is 0 Å². The Balaban J connectivity index is 0.989. The topological polar surface area (TPSA) is 141 Å². The molecule has 1 N–H and O–H groups in total. The van der Waals surface area contributed by atoms with Gasteiger partial charge in [-0.25, -0.2) is 0 Å². The molecule has 5 aromatic carbocycles. The van der Waals surface area contributed by atoms with E-state index < -0.39 is 26.2 Å². The van der Waals surface area contributed by atoms with Crippen LogP contribution in [-0.4, -0.2) is 62.4 Å². The van der Waals surface area contributed by atoms with E-state index >= 15 is 0 Å². The van der Waals surface area contributed by atoms with Crippen LogP contribution in [0.1, 0.15) is 79.9 Å². The van der Waals surface area contributed by atoms with Gasteiger partial charge in [0.05, 0.1) is 25.0 Å². The molecular formula is C49H49N3O9S2. The molecule has 0 bridgehead atoms. The van der Waals surface area contributed by atoms with Crippen LogP contribution in [-0.2, 0) is 58.0 Å². The van der Waals surface area contributed by atoms with Crippen molar-refractivity contribution in [2.24, 2.45) is 0 Å².